The number of hydroxylamine groups is 1. The van der Waals surface area contributed by atoms with Crippen molar-refractivity contribution in [1.82, 2.24) is 4.90 Å². The predicted molar refractivity (Wildman–Crippen MR) is 110 cm³/mol. The molecule has 5 heteroatoms. The minimum absolute atomic E-state index is 0.283. The summed E-state index contributed by atoms with van der Waals surface area (Å²) in [6.07, 6.45) is 1.32. The van der Waals surface area contributed by atoms with Crippen molar-refractivity contribution in [1.29, 1.82) is 0 Å². The van der Waals surface area contributed by atoms with Crippen LogP contribution in [0.2, 0.25) is 0 Å². The summed E-state index contributed by atoms with van der Waals surface area (Å²) in [6, 6.07) is 18.1. The maximum atomic E-state index is 13.0. The van der Waals surface area contributed by atoms with Gasteiger partial charge in [-0.05, 0) is 38.5 Å². The molecule has 3 nitrogen and oxygen atoms in total. The highest BCUT2D eigenvalue weighted by molar-refractivity contribution is 8.24. The summed E-state index contributed by atoms with van der Waals surface area (Å²) in [7, 11) is 0. The molecule has 1 atom stereocenters. The summed E-state index contributed by atoms with van der Waals surface area (Å²) in [4.78, 5) is 2.03. The number of rotatable bonds is 4. The summed E-state index contributed by atoms with van der Waals surface area (Å²) >= 11 is 7.17. The number of benzene rings is 2. The van der Waals surface area contributed by atoms with Gasteiger partial charge in [0.05, 0.1) is 6.54 Å². The number of thioether (sulfide) groups is 1. The summed E-state index contributed by atoms with van der Waals surface area (Å²) < 4.78 is 1.55. The van der Waals surface area contributed by atoms with Gasteiger partial charge in [0.1, 0.15) is 9.07 Å². The average Bonchev–Trinajstić information content (AvgIpc) is 2.79. The monoisotopic (exact) mass is 370 g/mol. The van der Waals surface area contributed by atoms with Gasteiger partial charge in [0.25, 0.3) is 6.17 Å². The summed E-state index contributed by atoms with van der Waals surface area (Å²) in [6.45, 7) is 6.83. The lowest BCUT2D eigenvalue weighted by molar-refractivity contribution is -0.524. The van der Waals surface area contributed by atoms with Crippen molar-refractivity contribution in [3.63, 3.8) is 0 Å². The number of hydrogen-bond donors (Lipinski definition) is 0. The van der Waals surface area contributed by atoms with Gasteiger partial charge in [-0.2, -0.15) is 4.74 Å². The number of thiocarbonyl (C=S) groups is 1. The lowest BCUT2D eigenvalue weighted by atomic mass is 10.1. The van der Waals surface area contributed by atoms with Crippen LogP contribution < -0.4 is 0 Å². The second-order valence-corrected chi connectivity index (χ2v) is 9.15. The van der Waals surface area contributed by atoms with E-state index in [4.69, 9.17) is 12.2 Å². The Kier molecular flexibility index (Phi) is 5.16. The van der Waals surface area contributed by atoms with Crippen molar-refractivity contribution in [2.45, 2.75) is 38.2 Å². The zero-order valence-corrected chi connectivity index (χ0v) is 16.3. The van der Waals surface area contributed by atoms with Gasteiger partial charge in [-0.3, -0.25) is 4.90 Å². The minimum atomic E-state index is -0.341. The number of hydrogen-bond acceptors (Lipinski definition) is 3. The molecule has 1 aliphatic heterocycles. The van der Waals surface area contributed by atoms with Gasteiger partial charge >= 0.3 is 0 Å². The normalized spacial score (nSPS) is 20.1. The SMILES string of the molecule is Cc1ccc(C=[N+]([O-])C2N(Cc3ccccc3)C(=S)SC2(C)C)cc1. The van der Waals surface area contributed by atoms with E-state index in [1.54, 1.807) is 18.0 Å². The summed E-state index contributed by atoms with van der Waals surface area (Å²) in [5, 5.41) is 13.0. The van der Waals surface area contributed by atoms with E-state index in [9.17, 15) is 5.21 Å². The van der Waals surface area contributed by atoms with Crippen LogP contribution in [0.25, 0.3) is 0 Å². The molecule has 0 radical (unpaired) electrons. The molecule has 1 saturated heterocycles. The van der Waals surface area contributed by atoms with Crippen LogP contribution in [0, 0.1) is 12.1 Å². The Balaban J connectivity index is 1.91. The van der Waals surface area contributed by atoms with E-state index < -0.39 is 0 Å². The zero-order valence-electron chi connectivity index (χ0n) is 14.7. The third-order valence-corrected chi connectivity index (χ3v) is 5.92. The second-order valence-electron chi connectivity index (χ2n) is 6.86. The Morgan fingerprint density at radius 3 is 2.44 bits per heavy atom. The first-order chi connectivity index (χ1) is 11.9. The molecule has 1 fully saturated rings. The maximum Gasteiger partial charge on any atom is 0.254 e. The first-order valence-corrected chi connectivity index (χ1v) is 9.50. The molecule has 1 heterocycles. The highest BCUT2D eigenvalue weighted by atomic mass is 32.2. The molecule has 0 aromatic heterocycles. The highest BCUT2D eigenvalue weighted by Crippen LogP contribution is 2.42. The molecule has 3 rings (SSSR count). The van der Waals surface area contributed by atoms with E-state index in [0.717, 1.165) is 20.2 Å². The zero-order chi connectivity index (χ0) is 18.0. The first kappa shape index (κ1) is 18.0. The van der Waals surface area contributed by atoms with Crippen molar-refractivity contribution in [3.05, 3.63) is 76.5 Å². The molecule has 25 heavy (non-hydrogen) atoms. The Hall–Kier alpha value is -1.85. The molecule has 0 N–H and O–H groups in total. The fourth-order valence-electron chi connectivity index (χ4n) is 3.06. The van der Waals surface area contributed by atoms with Gasteiger partial charge in [-0.25, -0.2) is 0 Å². The van der Waals surface area contributed by atoms with E-state index >= 15 is 0 Å². The Bertz CT molecular complexity index is 785. The highest BCUT2D eigenvalue weighted by Gasteiger charge is 2.50. The molecular weight excluding hydrogens is 348 g/mol. The lowest BCUT2D eigenvalue weighted by Gasteiger charge is -2.29. The van der Waals surface area contributed by atoms with E-state index in [-0.39, 0.29) is 10.9 Å². The molecular formula is C20H22N2OS2. The Morgan fingerprint density at radius 2 is 1.80 bits per heavy atom. The van der Waals surface area contributed by atoms with E-state index in [1.807, 2.05) is 54.3 Å². The fourth-order valence-corrected chi connectivity index (χ4v) is 4.93. The van der Waals surface area contributed by atoms with Gasteiger partial charge < -0.3 is 5.21 Å². The molecule has 2 aromatic rings. The molecule has 0 amide bonds. The molecule has 1 aliphatic rings. The second kappa shape index (κ2) is 7.18. The molecule has 0 saturated carbocycles. The molecule has 0 bridgehead atoms. The molecule has 0 spiro atoms. The van der Waals surface area contributed by atoms with Crippen LogP contribution in [-0.4, -0.2) is 31.1 Å². The first-order valence-electron chi connectivity index (χ1n) is 8.27. The summed E-state index contributed by atoms with van der Waals surface area (Å²) in [5.41, 5.74) is 3.23. The lowest BCUT2D eigenvalue weighted by Crippen LogP contribution is -2.47. The maximum absolute atomic E-state index is 13.0. The smallest absolute Gasteiger partial charge is 0.254 e. The van der Waals surface area contributed by atoms with Crippen LogP contribution in [0.1, 0.15) is 30.5 Å². The Labute approximate surface area is 158 Å². The van der Waals surface area contributed by atoms with Gasteiger partial charge in [0.15, 0.2) is 6.21 Å². The van der Waals surface area contributed by atoms with Gasteiger partial charge in [0, 0.05) is 5.56 Å². The van der Waals surface area contributed by atoms with E-state index in [0.29, 0.717) is 6.54 Å². The topological polar surface area (TPSA) is 29.3 Å². The third kappa shape index (κ3) is 4.05. The van der Waals surface area contributed by atoms with Crippen LogP contribution in [0.5, 0.6) is 0 Å². The van der Waals surface area contributed by atoms with E-state index in [2.05, 4.69) is 26.0 Å². The standard InChI is InChI=1S/C20H22N2OS2/c1-15-9-11-17(12-10-15)14-22(23)18-20(2,3)25-19(24)21(18)13-16-7-5-4-6-8-16/h4-12,14,18H,13H2,1-3H3. The Morgan fingerprint density at radius 1 is 1.16 bits per heavy atom. The fraction of sp³-hybridized carbons (Fsp3) is 0.300. The molecule has 1 unspecified atom stereocenters. The van der Waals surface area contributed by atoms with Crippen molar-refractivity contribution >= 4 is 34.5 Å². The number of nitrogens with zero attached hydrogens (tertiary/aromatic N) is 2. The number of aryl methyl sites for hydroxylation is 1. The predicted octanol–water partition coefficient (Wildman–Crippen LogP) is 4.56. The summed E-state index contributed by atoms with van der Waals surface area (Å²) in [5.74, 6) is 0. The van der Waals surface area contributed by atoms with Crippen molar-refractivity contribution in [3.8, 4) is 0 Å². The van der Waals surface area contributed by atoms with Crippen LogP contribution >= 0.6 is 24.0 Å². The molecule has 2 aromatic carbocycles. The third-order valence-electron chi connectivity index (χ3n) is 4.29. The average molecular weight is 371 g/mol. The minimum Gasteiger partial charge on any atom is -0.622 e. The van der Waals surface area contributed by atoms with Crippen LogP contribution in [0.4, 0.5) is 0 Å². The van der Waals surface area contributed by atoms with Crippen molar-refractivity contribution < 1.29 is 4.74 Å². The van der Waals surface area contributed by atoms with Gasteiger partial charge in [-0.15, -0.1) is 0 Å². The van der Waals surface area contributed by atoms with Crippen LogP contribution in [0.3, 0.4) is 0 Å². The quantitative estimate of drug-likeness (QED) is 0.259. The van der Waals surface area contributed by atoms with Crippen molar-refractivity contribution in [2.75, 3.05) is 0 Å². The van der Waals surface area contributed by atoms with E-state index in [1.165, 1.54) is 5.56 Å². The van der Waals surface area contributed by atoms with Crippen LogP contribution in [0.15, 0.2) is 54.6 Å². The van der Waals surface area contributed by atoms with Crippen molar-refractivity contribution in [2.24, 2.45) is 0 Å². The molecule has 130 valence electrons. The van der Waals surface area contributed by atoms with Gasteiger partial charge in [0.2, 0.25) is 0 Å². The van der Waals surface area contributed by atoms with Gasteiger partial charge in [-0.1, -0.05) is 72.0 Å². The largest absolute Gasteiger partial charge is 0.622 e. The molecule has 0 aliphatic carbocycles. The van der Waals surface area contributed by atoms with Crippen LogP contribution in [-0.2, 0) is 6.54 Å².